The third-order valence-corrected chi connectivity index (χ3v) is 1.39. The predicted molar refractivity (Wildman–Crippen MR) is 43.3 cm³/mol. The first-order valence-corrected chi connectivity index (χ1v) is 3.77. The fraction of sp³-hybridized carbons (Fsp3) is 0.444. The standard InChI is InChI=1S/C9H13N/c1-2-7-10-8-9-5-3-4-6-9/h3-6,9-10H,2,7H2,1H3. The van der Waals surface area contributed by atoms with E-state index in [1.165, 1.54) is 0 Å². The molecule has 0 amide bonds. The molecule has 0 heterocycles. The van der Waals surface area contributed by atoms with Crippen molar-refractivity contribution in [3.05, 3.63) is 30.8 Å². The Bertz CT molecular complexity index is 124. The average molecular weight is 135 g/mol. The second-order valence-corrected chi connectivity index (χ2v) is 2.37. The zero-order chi connectivity index (χ0) is 7.23. The van der Waals surface area contributed by atoms with Crippen LogP contribution < -0.4 is 5.32 Å². The third kappa shape index (κ3) is 2.36. The summed E-state index contributed by atoms with van der Waals surface area (Å²) in [6.07, 6.45) is 9.48. The maximum absolute atomic E-state index is 3.16. The molecule has 2 radical (unpaired) electrons. The Morgan fingerprint density at radius 1 is 1.40 bits per heavy atom. The van der Waals surface area contributed by atoms with Gasteiger partial charge in [0, 0.05) is 5.92 Å². The molecule has 0 saturated heterocycles. The van der Waals surface area contributed by atoms with Crippen LogP contribution >= 0.6 is 0 Å². The van der Waals surface area contributed by atoms with Crippen molar-refractivity contribution in [1.29, 1.82) is 0 Å². The molecule has 0 fully saturated rings. The van der Waals surface area contributed by atoms with E-state index in [-0.39, 0.29) is 0 Å². The van der Waals surface area contributed by atoms with Crippen LogP contribution in [0.4, 0.5) is 0 Å². The van der Waals surface area contributed by atoms with Crippen LogP contribution in [0.5, 0.6) is 0 Å². The van der Waals surface area contributed by atoms with Crippen LogP contribution in [-0.2, 0) is 0 Å². The van der Waals surface area contributed by atoms with Crippen LogP contribution in [0.2, 0.25) is 0 Å². The van der Waals surface area contributed by atoms with E-state index < -0.39 is 0 Å². The summed E-state index contributed by atoms with van der Waals surface area (Å²) < 4.78 is 0. The van der Waals surface area contributed by atoms with Gasteiger partial charge in [-0.15, -0.1) is 0 Å². The van der Waals surface area contributed by atoms with Crippen molar-refractivity contribution < 1.29 is 0 Å². The van der Waals surface area contributed by atoms with Gasteiger partial charge in [-0.2, -0.15) is 0 Å². The topological polar surface area (TPSA) is 12.0 Å². The maximum Gasteiger partial charge on any atom is 0.0703 e. The summed E-state index contributed by atoms with van der Waals surface area (Å²) in [6.45, 7) is 6.33. The first-order chi connectivity index (χ1) is 4.93. The Balaban J connectivity index is 2.03. The van der Waals surface area contributed by atoms with Crippen LogP contribution in [0.15, 0.2) is 24.3 Å². The summed E-state index contributed by atoms with van der Waals surface area (Å²) in [4.78, 5) is 0. The molecule has 0 saturated carbocycles. The fourth-order valence-electron chi connectivity index (χ4n) is 0.843. The van der Waals surface area contributed by atoms with E-state index in [0.717, 1.165) is 13.0 Å². The third-order valence-electron chi connectivity index (χ3n) is 1.39. The van der Waals surface area contributed by atoms with E-state index in [1.54, 1.807) is 0 Å². The lowest BCUT2D eigenvalue weighted by Crippen LogP contribution is -2.14. The van der Waals surface area contributed by atoms with E-state index in [1.807, 2.05) is 12.2 Å². The van der Waals surface area contributed by atoms with Crippen LogP contribution in [-0.4, -0.2) is 6.54 Å². The number of hydrogen-bond acceptors (Lipinski definition) is 1. The van der Waals surface area contributed by atoms with Crippen molar-refractivity contribution in [3.8, 4) is 0 Å². The molecule has 1 rings (SSSR count). The minimum atomic E-state index is 0.395. The van der Waals surface area contributed by atoms with E-state index in [9.17, 15) is 0 Å². The molecule has 0 atom stereocenters. The summed E-state index contributed by atoms with van der Waals surface area (Å²) in [5.41, 5.74) is 0. The Kier molecular flexibility index (Phi) is 3.23. The van der Waals surface area contributed by atoms with E-state index >= 15 is 0 Å². The Morgan fingerprint density at radius 2 is 2.10 bits per heavy atom. The van der Waals surface area contributed by atoms with Crippen molar-refractivity contribution in [2.45, 2.75) is 13.3 Å². The van der Waals surface area contributed by atoms with Crippen molar-refractivity contribution in [2.75, 3.05) is 6.54 Å². The predicted octanol–water partition coefficient (Wildman–Crippen LogP) is 1.77. The van der Waals surface area contributed by atoms with Crippen LogP contribution in [0.1, 0.15) is 13.3 Å². The fourth-order valence-corrected chi connectivity index (χ4v) is 0.843. The highest BCUT2D eigenvalue weighted by molar-refractivity contribution is 5.20. The smallest absolute Gasteiger partial charge is 0.0703 e. The molecule has 54 valence electrons. The molecular formula is C9H13N. The van der Waals surface area contributed by atoms with Crippen molar-refractivity contribution in [3.63, 3.8) is 0 Å². The van der Waals surface area contributed by atoms with Gasteiger partial charge in [0.1, 0.15) is 0 Å². The second-order valence-electron chi connectivity index (χ2n) is 2.37. The quantitative estimate of drug-likeness (QED) is 0.457. The second kappa shape index (κ2) is 4.29. The lowest BCUT2D eigenvalue weighted by atomic mass is 10.2. The van der Waals surface area contributed by atoms with Crippen molar-refractivity contribution >= 4 is 0 Å². The average Bonchev–Trinajstić information content (AvgIpc) is 2.41. The van der Waals surface area contributed by atoms with Gasteiger partial charge < -0.3 is 5.32 Å². The zero-order valence-corrected chi connectivity index (χ0v) is 6.30. The van der Waals surface area contributed by atoms with Gasteiger partial charge in [0.2, 0.25) is 0 Å². The summed E-state index contributed by atoms with van der Waals surface area (Å²) in [7, 11) is 0. The van der Waals surface area contributed by atoms with Gasteiger partial charge in [0.15, 0.2) is 0 Å². The maximum atomic E-state index is 3.16. The minimum Gasteiger partial charge on any atom is -0.307 e. The molecule has 0 bridgehead atoms. The summed E-state index contributed by atoms with van der Waals surface area (Å²) in [6, 6.07) is 0. The first kappa shape index (κ1) is 7.55. The zero-order valence-electron chi connectivity index (χ0n) is 6.30. The van der Waals surface area contributed by atoms with Gasteiger partial charge in [-0.05, 0) is 13.0 Å². The molecule has 0 aromatic heterocycles. The van der Waals surface area contributed by atoms with E-state index in [0.29, 0.717) is 5.92 Å². The Morgan fingerprint density at radius 3 is 2.70 bits per heavy atom. The molecule has 0 unspecified atom stereocenters. The molecule has 0 spiro atoms. The minimum absolute atomic E-state index is 0.395. The Labute approximate surface area is 62.8 Å². The van der Waals surface area contributed by atoms with Crippen LogP contribution in [0.25, 0.3) is 0 Å². The molecule has 0 aliphatic heterocycles. The van der Waals surface area contributed by atoms with Crippen molar-refractivity contribution in [1.82, 2.24) is 5.32 Å². The Hall–Kier alpha value is -0.560. The largest absolute Gasteiger partial charge is 0.307 e. The first-order valence-electron chi connectivity index (χ1n) is 3.77. The number of rotatable bonds is 4. The van der Waals surface area contributed by atoms with Crippen LogP contribution in [0.3, 0.4) is 0 Å². The number of hydrogen-bond donors (Lipinski definition) is 1. The van der Waals surface area contributed by atoms with E-state index in [4.69, 9.17) is 0 Å². The van der Waals surface area contributed by atoms with Gasteiger partial charge in [-0.1, -0.05) is 31.2 Å². The highest BCUT2D eigenvalue weighted by atomic mass is 14.8. The molecule has 1 N–H and O–H groups in total. The molecule has 10 heavy (non-hydrogen) atoms. The summed E-state index contributed by atoms with van der Waals surface area (Å²) >= 11 is 0. The van der Waals surface area contributed by atoms with Gasteiger partial charge in [-0.3, -0.25) is 0 Å². The van der Waals surface area contributed by atoms with Crippen LogP contribution in [0, 0.1) is 12.5 Å². The molecule has 1 aliphatic carbocycles. The van der Waals surface area contributed by atoms with Gasteiger partial charge in [0.25, 0.3) is 0 Å². The lowest BCUT2D eigenvalue weighted by molar-refractivity contribution is 0.707. The monoisotopic (exact) mass is 135 g/mol. The lowest BCUT2D eigenvalue weighted by Gasteiger charge is -2.03. The molecule has 0 aromatic carbocycles. The highest BCUT2D eigenvalue weighted by Gasteiger charge is 2.02. The van der Waals surface area contributed by atoms with Gasteiger partial charge in [-0.25, -0.2) is 0 Å². The van der Waals surface area contributed by atoms with Gasteiger partial charge in [0.05, 0.1) is 6.54 Å². The van der Waals surface area contributed by atoms with Gasteiger partial charge >= 0.3 is 0 Å². The molecule has 1 aliphatic rings. The molecular weight excluding hydrogens is 122 g/mol. The summed E-state index contributed by atoms with van der Waals surface area (Å²) in [5.74, 6) is 0.395. The molecule has 1 nitrogen and oxygen atoms in total. The molecule has 0 aromatic rings. The van der Waals surface area contributed by atoms with E-state index in [2.05, 4.69) is 30.9 Å². The SMILES string of the molecule is CCCN[C]C1C=CC=C1. The highest BCUT2D eigenvalue weighted by Crippen LogP contribution is 2.09. The molecule has 1 heteroatoms. The number of allylic oxidation sites excluding steroid dienone is 2. The van der Waals surface area contributed by atoms with Crippen molar-refractivity contribution in [2.24, 2.45) is 5.92 Å². The summed E-state index contributed by atoms with van der Waals surface area (Å²) in [5, 5.41) is 3.12. The number of nitrogens with one attached hydrogen (secondary N) is 1. The normalized spacial score (nSPS) is 16.9.